The lowest BCUT2D eigenvalue weighted by atomic mass is 9.98. The molecule has 376 valence electrons. The van der Waals surface area contributed by atoms with Crippen LogP contribution in [0.3, 0.4) is 0 Å². The molecule has 0 aromatic carbocycles. The fraction of sp³-hybridized carbons (Fsp3) is 0.738. The Morgan fingerprint density at radius 2 is 0.955 bits per heavy atom. The van der Waals surface area contributed by atoms with Gasteiger partial charge in [-0.15, -0.1) is 0 Å². The minimum Gasteiger partial charge on any atom is -0.481 e. The molecule has 0 aliphatic heterocycles. The molecule has 14 N–H and O–H groups in total. The highest BCUT2D eigenvalue weighted by Crippen LogP contribution is 2.11. The smallest absolute Gasteiger partial charge is 0.326 e. The Morgan fingerprint density at radius 1 is 0.500 bits per heavy atom. The average Bonchev–Trinajstić information content (AvgIpc) is 3.21. The minimum atomic E-state index is -1.57. The van der Waals surface area contributed by atoms with Gasteiger partial charge in [0.25, 0.3) is 0 Å². The quantitative estimate of drug-likeness (QED) is 0.0344. The largest absolute Gasteiger partial charge is 0.481 e. The molecule has 0 radical (unpaired) electrons. The number of hydrogen-bond acceptors (Lipinski definition) is 13. The Hall–Kier alpha value is -5.91. The zero-order valence-corrected chi connectivity index (χ0v) is 39.9. The molecule has 0 unspecified atom stereocenters. The van der Waals surface area contributed by atoms with Crippen LogP contribution in [-0.4, -0.2) is 148 Å². The Labute approximate surface area is 385 Å². The maximum Gasteiger partial charge on any atom is 0.326 e. The molecule has 0 aromatic heterocycles. The molecule has 0 aliphatic carbocycles. The second-order valence-corrected chi connectivity index (χ2v) is 17.6. The molecule has 0 saturated heterocycles. The van der Waals surface area contributed by atoms with Gasteiger partial charge in [-0.05, 0) is 63.7 Å². The van der Waals surface area contributed by atoms with Crippen molar-refractivity contribution in [3.8, 4) is 0 Å². The molecule has 66 heavy (non-hydrogen) atoms. The second-order valence-electron chi connectivity index (χ2n) is 17.6. The molecule has 10 atom stereocenters. The monoisotopic (exact) mass is 943 g/mol. The molecule has 0 heterocycles. The van der Waals surface area contributed by atoms with Crippen LogP contribution < -0.4 is 53.6 Å². The van der Waals surface area contributed by atoms with Crippen LogP contribution in [0.15, 0.2) is 0 Å². The summed E-state index contributed by atoms with van der Waals surface area (Å²) in [6.07, 6.45) is -1.31. The second kappa shape index (κ2) is 29.6. The Morgan fingerprint density at radius 3 is 1.41 bits per heavy atom. The molecular weight excluding hydrogens is 869 g/mol. The van der Waals surface area contributed by atoms with Crippen molar-refractivity contribution in [2.75, 3.05) is 13.1 Å². The van der Waals surface area contributed by atoms with Crippen molar-refractivity contribution in [2.45, 2.75) is 163 Å². The van der Waals surface area contributed by atoms with Gasteiger partial charge in [-0.1, -0.05) is 61.8 Å². The van der Waals surface area contributed by atoms with Crippen LogP contribution in [0.25, 0.3) is 0 Å². The lowest BCUT2D eigenvalue weighted by molar-refractivity contribution is -0.144. The van der Waals surface area contributed by atoms with E-state index in [1.165, 1.54) is 20.8 Å². The van der Waals surface area contributed by atoms with Crippen LogP contribution in [0, 0.1) is 23.7 Å². The number of carboxylic acids is 2. The summed E-state index contributed by atoms with van der Waals surface area (Å²) in [6, 6.07) is -10.0. The van der Waals surface area contributed by atoms with Gasteiger partial charge in [-0.3, -0.25) is 47.9 Å². The van der Waals surface area contributed by atoms with Crippen molar-refractivity contribution < 1.29 is 68.1 Å². The lowest BCUT2D eigenvalue weighted by Crippen LogP contribution is -2.60. The number of amides is 9. The van der Waals surface area contributed by atoms with E-state index in [4.69, 9.17) is 10.8 Å². The van der Waals surface area contributed by atoms with Gasteiger partial charge in [0.2, 0.25) is 53.2 Å². The average molecular weight is 943 g/mol. The van der Waals surface area contributed by atoms with Gasteiger partial charge in [0.15, 0.2) is 0 Å². The van der Waals surface area contributed by atoms with Crippen LogP contribution >= 0.6 is 0 Å². The fourth-order valence-electron chi connectivity index (χ4n) is 6.07. The van der Waals surface area contributed by atoms with Gasteiger partial charge in [0, 0.05) is 6.42 Å². The summed E-state index contributed by atoms with van der Waals surface area (Å²) in [5, 5.41) is 50.4. The van der Waals surface area contributed by atoms with Crippen molar-refractivity contribution in [2.24, 2.45) is 29.4 Å². The molecule has 0 bridgehead atoms. The summed E-state index contributed by atoms with van der Waals surface area (Å²) >= 11 is 0. The van der Waals surface area contributed by atoms with Gasteiger partial charge in [0.05, 0.1) is 25.2 Å². The molecule has 0 rings (SSSR count). The molecule has 24 nitrogen and oxygen atoms in total. The summed E-state index contributed by atoms with van der Waals surface area (Å²) in [5.74, 6) is -10.9. The van der Waals surface area contributed by atoms with Crippen LogP contribution in [0.5, 0.6) is 0 Å². The molecule has 0 spiro atoms. The predicted octanol–water partition coefficient (Wildman–Crippen LogP) is -2.90. The first-order valence-corrected chi connectivity index (χ1v) is 22.1. The normalized spacial score (nSPS) is 15.8. The number of carboxylic acid groups (broad SMARTS) is 2. The van der Waals surface area contributed by atoms with Gasteiger partial charge in [-0.2, -0.15) is 0 Å². The molecule has 0 aromatic rings. The third-order valence-electron chi connectivity index (χ3n) is 10.2. The van der Waals surface area contributed by atoms with Gasteiger partial charge in [0.1, 0.15) is 42.3 Å². The highest BCUT2D eigenvalue weighted by Gasteiger charge is 2.35. The number of aliphatic carboxylic acids is 2. The summed E-state index contributed by atoms with van der Waals surface area (Å²) in [6.45, 7) is 16.3. The van der Waals surface area contributed by atoms with Crippen molar-refractivity contribution >= 4 is 65.1 Å². The van der Waals surface area contributed by atoms with Crippen LogP contribution in [0.1, 0.15) is 108 Å². The standard InChI is InChI=1S/C42H74N10O14/c1-12-22(8)33(50-30(55)18-44-35(58)23(9)47-38(61)27(15-19(2)3)49-37(60)26(43)13-14-31(56)57)40(63)45-17-29(54)46-24(10)36(59)48-28(16-20(4)5)39(62)52-34(25(11)53)41(64)51-32(21(6)7)42(65)66/h19-28,32-34,53H,12-18,43H2,1-11H3,(H,44,58)(H,45,63)(H,46,54)(H,47,61)(H,48,59)(H,49,60)(H,50,55)(H,51,64)(H,52,62)(H,56,57)(H,65,66)/t22-,23-,24-,25+,26-,27-,28-,32-,33-,34-/m0/s1. The third-order valence-corrected chi connectivity index (χ3v) is 10.2. The van der Waals surface area contributed by atoms with E-state index in [1.807, 2.05) is 0 Å². The maximum atomic E-state index is 13.3. The van der Waals surface area contributed by atoms with Crippen molar-refractivity contribution in [3.63, 3.8) is 0 Å². The summed E-state index contributed by atoms with van der Waals surface area (Å²) in [5.41, 5.74) is 5.77. The SMILES string of the molecule is CC[C@H](C)[C@H](NC(=O)CNC(=O)[C@H](C)NC(=O)[C@H](CC(C)C)NC(=O)[C@@H](N)CCC(=O)O)C(=O)NCC(=O)N[C@@H](C)C(=O)N[C@@H](CC(C)C)C(=O)N[C@H](C(=O)N[C@H](C(=O)O)C(C)C)[C@@H](C)O. The summed E-state index contributed by atoms with van der Waals surface area (Å²) in [4.78, 5) is 139. The molecule has 0 saturated carbocycles. The van der Waals surface area contributed by atoms with Gasteiger partial charge < -0.3 is 68.9 Å². The van der Waals surface area contributed by atoms with Crippen molar-refractivity contribution in [3.05, 3.63) is 0 Å². The molecule has 9 amide bonds. The van der Waals surface area contributed by atoms with E-state index in [1.54, 1.807) is 55.4 Å². The Bertz CT molecular complexity index is 1710. The Kier molecular flexibility index (Phi) is 26.9. The molecular formula is C42H74N10O14. The van der Waals surface area contributed by atoms with E-state index >= 15 is 0 Å². The topological polar surface area (TPSA) is 383 Å². The predicted molar refractivity (Wildman–Crippen MR) is 238 cm³/mol. The lowest BCUT2D eigenvalue weighted by Gasteiger charge is -2.28. The number of hydrogen-bond donors (Lipinski definition) is 13. The molecule has 24 heteroatoms. The molecule has 0 aliphatic rings. The van der Waals surface area contributed by atoms with E-state index in [0.717, 1.165) is 0 Å². The zero-order chi connectivity index (χ0) is 51.2. The van der Waals surface area contributed by atoms with Crippen molar-refractivity contribution in [1.29, 1.82) is 0 Å². The maximum absolute atomic E-state index is 13.3. The van der Waals surface area contributed by atoms with E-state index in [-0.39, 0.29) is 37.5 Å². The van der Waals surface area contributed by atoms with Gasteiger partial charge >= 0.3 is 11.9 Å². The first kappa shape index (κ1) is 60.1. The van der Waals surface area contributed by atoms with E-state index in [0.29, 0.717) is 6.42 Å². The first-order chi connectivity index (χ1) is 30.5. The van der Waals surface area contributed by atoms with E-state index < -0.39 is 144 Å². The zero-order valence-electron chi connectivity index (χ0n) is 39.9. The number of nitrogens with one attached hydrogen (secondary N) is 9. The number of aliphatic hydroxyl groups excluding tert-OH is 1. The fourth-order valence-corrected chi connectivity index (χ4v) is 6.07. The van der Waals surface area contributed by atoms with Crippen LogP contribution in [0.4, 0.5) is 0 Å². The minimum absolute atomic E-state index is 0.0732. The number of carbonyl (C=O) groups excluding carboxylic acids is 9. The molecule has 0 fully saturated rings. The van der Waals surface area contributed by atoms with Crippen molar-refractivity contribution in [1.82, 2.24) is 47.9 Å². The highest BCUT2D eigenvalue weighted by molar-refractivity contribution is 5.97. The number of aliphatic hydroxyl groups is 1. The van der Waals surface area contributed by atoms with Gasteiger partial charge in [-0.25, -0.2) is 4.79 Å². The van der Waals surface area contributed by atoms with E-state index in [2.05, 4.69) is 47.9 Å². The highest BCUT2D eigenvalue weighted by atomic mass is 16.4. The third kappa shape index (κ3) is 22.8. The summed E-state index contributed by atoms with van der Waals surface area (Å²) in [7, 11) is 0. The van der Waals surface area contributed by atoms with Crippen LogP contribution in [-0.2, 0) is 52.7 Å². The Balaban J connectivity index is 5.46. The summed E-state index contributed by atoms with van der Waals surface area (Å²) < 4.78 is 0. The number of rotatable bonds is 30. The number of nitrogens with two attached hydrogens (primary N) is 1. The van der Waals surface area contributed by atoms with E-state index in [9.17, 15) is 63.0 Å². The first-order valence-electron chi connectivity index (χ1n) is 22.1. The number of carbonyl (C=O) groups is 11. The van der Waals surface area contributed by atoms with Crippen LogP contribution in [0.2, 0.25) is 0 Å².